The molecule has 6 nitrogen and oxygen atoms in total. The van der Waals surface area contributed by atoms with Crippen molar-refractivity contribution in [1.82, 2.24) is 9.88 Å². The molecule has 0 atom stereocenters. The number of aromatic nitrogens is 1. The van der Waals surface area contributed by atoms with Crippen LogP contribution in [0.4, 0.5) is 11.5 Å². The number of sulfonamides is 1. The normalized spacial score (nSPS) is 17.2. The molecule has 1 N–H and O–H groups in total. The highest BCUT2D eigenvalue weighted by Crippen LogP contribution is 2.16. The lowest BCUT2D eigenvalue weighted by atomic mass is 10.3. The number of anilines is 2. The third-order valence-corrected chi connectivity index (χ3v) is 4.81. The number of hydrogen-bond donors (Lipinski definition) is 1. The van der Waals surface area contributed by atoms with Crippen LogP contribution in [-0.2, 0) is 10.0 Å². The zero-order chi connectivity index (χ0) is 14.6. The summed E-state index contributed by atoms with van der Waals surface area (Å²) in [5, 5.41) is 0. The SMILES string of the molecule is CCCS(=O)(=O)Nc1ccc(N2CCN(C)CC2)nc1. The van der Waals surface area contributed by atoms with Crippen LogP contribution in [0, 0.1) is 0 Å². The van der Waals surface area contributed by atoms with Crippen molar-refractivity contribution in [2.45, 2.75) is 13.3 Å². The average Bonchev–Trinajstić information content (AvgIpc) is 2.40. The highest BCUT2D eigenvalue weighted by atomic mass is 32.2. The van der Waals surface area contributed by atoms with Gasteiger partial charge in [-0.2, -0.15) is 0 Å². The largest absolute Gasteiger partial charge is 0.354 e. The highest BCUT2D eigenvalue weighted by Gasteiger charge is 2.15. The summed E-state index contributed by atoms with van der Waals surface area (Å²) >= 11 is 0. The van der Waals surface area contributed by atoms with Crippen LogP contribution in [0.25, 0.3) is 0 Å². The van der Waals surface area contributed by atoms with Crippen LogP contribution in [0.1, 0.15) is 13.3 Å². The molecule has 112 valence electrons. The highest BCUT2D eigenvalue weighted by molar-refractivity contribution is 7.92. The summed E-state index contributed by atoms with van der Waals surface area (Å²) < 4.78 is 25.9. The van der Waals surface area contributed by atoms with E-state index in [4.69, 9.17) is 0 Å². The Kier molecular flexibility index (Phi) is 4.82. The Morgan fingerprint density at radius 2 is 1.95 bits per heavy atom. The Morgan fingerprint density at radius 3 is 2.50 bits per heavy atom. The molecule has 0 bridgehead atoms. The molecule has 2 heterocycles. The van der Waals surface area contributed by atoms with E-state index in [-0.39, 0.29) is 5.75 Å². The third kappa shape index (κ3) is 4.08. The van der Waals surface area contributed by atoms with Crippen LogP contribution in [-0.4, -0.2) is 57.3 Å². The van der Waals surface area contributed by atoms with Crippen LogP contribution in [0.2, 0.25) is 0 Å². The Morgan fingerprint density at radius 1 is 1.25 bits per heavy atom. The Bertz CT molecular complexity index is 522. The molecule has 0 amide bonds. The quantitative estimate of drug-likeness (QED) is 0.878. The summed E-state index contributed by atoms with van der Waals surface area (Å²) in [6.45, 7) is 5.78. The van der Waals surface area contributed by atoms with E-state index < -0.39 is 10.0 Å². The number of nitrogens with zero attached hydrogens (tertiary/aromatic N) is 3. The monoisotopic (exact) mass is 298 g/mol. The first-order valence-corrected chi connectivity index (χ1v) is 8.55. The van der Waals surface area contributed by atoms with E-state index in [2.05, 4.69) is 26.6 Å². The number of rotatable bonds is 5. The number of piperazine rings is 1. The van der Waals surface area contributed by atoms with Crippen LogP contribution in [0.5, 0.6) is 0 Å². The Hall–Kier alpha value is -1.34. The maximum absolute atomic E-state index is 11.7. The molecule has 1 aliphatic rings. The molecule has 1 aromatic heterocycles. The summed E-state index contributed by atoms with van der Waals surface area (Å²) in [4.78, 5) is 8.85. The molecular weight excluding hydrogens is 276 g/mol. The maximum atomic E-state index is 11.7. The number of likely N-dealkylation sites (N-methyl/N-ethyl adjacent to an activating group) is 1. The predicted octanol–water partition coefficient (Wildman–Crippen LogP) is 0.985. The molecule has 1 fully saturated rings. The molecule has 0 spiro atoms. The second-order valence-corrected chi connectivity index (χ2v) is 6.96. The summed E-state index contributed by atoms with van der Waals surface area (Å²) in [6.07, 6.45) is 2.18. The number of nitrogens with one attached hydrogen (secondary N) is 1. The van der Waals surface area contributed by atoms with E-state index in [0.29, 0.717) is 12.1 Å². The summed E-state index contributed by atoms with van der Waals surface area (Å²) in [5.41, 5.74) is 0.524. The van der Waals surface area contributed by atoms with Gasteiger partial charge in [0.2, 0.25) is 10.0 Å². The molecule has 7 heteroatoms. The lowest BCUT2D eigenvalue weighted by Gasteiger charge is -2.33. The van der Waals surface area contributed by atoms with Crippen molar-refractivity contribution < 1.29 is 8.42 Å². The average molecular weight is 298 g/mol. The molecule has 0 unspecified atom stereocenters. The van der Waals surface area contributed by atoms with E-state index in [0.717, 1.165) is 32.0 Å². The van der Waals surface area contributed by atoms with Crippen molar-refractivity contribution >= 4 is 21.5 Å². The molecule has 0 aromatic carbocycles. The predicted molar refractivity (Wildman–Crippen MR) is 81.6 cm³/mol. The first kappa shape index (κ1) is 15.1. The van der Waals surface area contributed by atoms with Crippen LogP contribution < -0.4 is 9.62 Å². The minimum atomic E-state index is -3.24. The lowest BCUT2D eigenvalue weighted by molar-refractivity contribution is 0.312. The molecule has 2 rings (SSSR count). The van der Waals surface area contributed by atoms with Gasteiger partial charge < -0.3 is 9.80 Å². The minimum absolute atomic E-state index is 0.132. The van der Waals surface area contributed by atoms with Crippen molar-refractivity contribution in [2.24, 2.45) is 0 Å². The smallest absolute Gasteiger partial charge is 0.232 e. The van der Waals surface area contributed by atoms with E-state index >= 15 is 0 Å². The van der Waals surface area contributed by atoms with E-state index in [1.165, 1.54) is 0 Å². The van der Waals surface area contributed by atoms with Gasteiger partial charge in [-0.15, -0.1) is 0 Å². The van der Waals surface area contributed by atoms with Gasteiger partial charge in [0.15, 0.2) is 0 Å². The third-order valence-electron chi connectivity index (χ3n) is 3.32. The van der Waals surface area contributed by atoms with Gasteiger partial charge in [0.25, 0.3) is 0 Å². The van der Waals surface area contributed by atoms with Crippen molar-refractivity contribution in [3.63, 3.8) is 0 Å². The van der Waals surface area contributed by atoms with Crippen molar-refractivity contribution in [2.75, 3.05) is 48.6 Å². The Labute approximate surface area is 120 Å². The van der Waals surface area contributed by atoms with E-state index in [1.54, 1.807) is 12.3 Å². The van der Waals surface area contributed by atoms with Gasteiger partial charge in [0, 0.05) is 26.2 Å². The van der Waals surface area contributed by atoms with Crippen LogP contribution in [0.3, 0.4) is 0 Å². The molecule has 1 aromatic rings. The second kappa shape index (κ2) is 6.41. The molecule has 1 aliphatic heterocycles. The fourth-order valence-electron chi connectivity index (χ4n) is 2.17. The van der Waals surface area contributed by atoms with Gasteiger partial charge in [-0.25, -0.2) is 13.4 Å². The first-order valence-electron chi connectivity index (χ1n) is 6.90. The number of hydrogen-bond acceptors (Lipinski definition) is 5. The maximum Gasteiger partial charge on any atom is 0.232 e. The topological polar surface area (TPSA) is 65.5 Å². The number of pyridine rings is 1. The van der Waals surface area contributed by atoms with Gasteiger partial charge >= 0.3 is 0 Å². The van der Waals surface area contributed by atoms with Gasteiger partial charge in [-0.05, 0) is 25.6 Å². The van der Waals surface area contributed by atoms with E-state index in [9.17, 15) is 8.42 Å². The van der Waals surface area contributed by atoms with Crippen molar-refractivity contribution in [3.05, 3.63) is 18.3 Å². The van der Waals surface area contributed by atoms with Crippen LogP contribution >= 0.6 is 0 Å². The summed E-state index contributed by atoms with van der Waals surface area (Å²) in [6, 6.07) is 3.64. The van der Waals surface area contributed by atoms with Gasteiger partial charge in [0.1, 0.15) is 5.82 Å². The fourth-order valence-corrected chi connectivity index (χ4v) is 3.29. The fraction of sp³-hybridized carbons (Fsp3) is 0.615. The molecule has 20 heavy (non-hydrogen) atoms. The summed E-state index contributed by atoms with van der Waals surface area (Å²) in [5.74, 6) is 1.03. The minimum Gasteiger partial charge on any atom is -0.354 e. The zero-order valence-electron chi connectivity index (χ0n) is 12.0. The molecule has 0 radical (unpaired) electrons. The Balaban J connectivity index is 1.99. The van der Waals surface area contributed by atoms with E-state index in [1.807, 2.05) is 13.0 Å². The van der Waals surface area contributed by atoms with Crippen molar-refractivity contribution in [1.29, 1.82) is 0 Å². The standard InChI is InChI=1S/C13H22N4O2S/c1-3-10-20(18,19)15-12-4-5-13(14-11-12)17-8-6-16(2)7-9-17/h4-5,11,15H,3,6-10H2,1-2H3. The zero-order valence-corrected chi connectivity index (χ0v) is 12.9. The first-order chi connectivity index (χ1) is 9.50. The second-order valence-electron chi connectivity index (χ2n) is 5.12. The van der Waals surface area contributed by atoms with Crippen molar-refractivity contribution in [3.8, 4) is 0 Å². The van der Waals surface area contributed by atoms with Crippen LogP contribution in [0.15, 0.2) is 18.3 Å². The van der Waals surface area contributed by atoms with Gasteiger partial charge in [-0.1, -0.05) is 6.92 Å². The summed E-state index contributed by atoms with van der Waals surface area (Å²) in [7, 11) is -1.13. The molecule has 0 aliphatic carbocycles. The molecular formula is C13H22N4O2S. The lowest BCUT2D eigenvalue weighted by Crippen LogP contribution is -2.44. The van der Waals surface area contributed by atoms with Gasteiger partial charge in [-0.3, -0.25) is 4.72 Å². The molecule has 0 saturated carbocycles. The molecule has 1 saturated heterocycles. The van der Waals surface area contributed by atoms with Gasteiger partial charge in [0.05, 0.1) is 17.6 Å².